The maximum atomic E-state index is 11.3. The molecule has 6 nitrogen and oxygen atoms in total. The van der Waals surface area contributed by atoms with Gasteiger partial charge in [-0.1, -0.05) is 0 Å². The number of nitrogens with zero attached hydrogens (tertiary/aromatic N) is 1. The zero-order chi connectivity index (χ0) is 13.8. The molecule has 1 aromatic rings. The summed E-state index contributed by atoms with van der Waals surface area (Å²) >= 11 is 0. The van der Waals surface area contributed by atoms with Gasteiger partial charge in [0.15, 0.2) is 0 Å². The van der Waals surface area contributed by atoms with Crippen LogP contribution >= 0.6 is 0 Å². The lowest BCUT2D eigenvalue weighted by molar-refractivity contribution is -0.114. The van der Waals surface area contributed by atoms with Crippen LogP contribution in [0.25, 0.3) is 0 Å². The van der Waals surface area contributed by atoms with E-state index in [0.29, 0.717) is 37.7 Å². The van der Waals surface area contributed by atoms with E-state index < -0.39 is 5.97 Å². The summed E-state index contributed by atoms with van der Waals surface area (Å²) in [5, 5.41) is 11.9. The van der Waals surface area contributed by atoms with Crippen LogP contribution in [0.4, 0.5) is 11.4 Å². The van der Waals surface area contributed by atoms with Crippen molar-refractivity contribution in [3.63, 3.8) is 0 Å². The van der Waals surface area contributed by atoms with Gasteiger partial charge in [-0.15, -0.1) is 0 Å². The van der Waals surface area contributed by atoms with Crippen LogP contribution in [0, 0.1) is 0 Å². The first kappa shape index (κ1) is 13.4. The van der Waals surface area contributed by atoms with E-state index in [0.717, 1.165) is 0 Å². The standard InChI is InChI=1S/C13H16N2O4/c1-9(16)14-10-2-3-12(11(8-10)13(17)18)15-4-6-19-7-5-15/h2-3,8H,4-7H2,1H3,(H,14,16)(H,17,18). The third kappa shape index (κ3) is 3.23. The van der Waals surface area contributed by atoms with Crippen molar-refractivity contribution < 1.29 is 19.4 Å². The van der Waals surface area contributed by atoms with Crippen LogP contribution < -0.4 is 10.2 Å². The molecule has 0 unspecified atom stereocenters. The molecule has 1 aromatic carbocycles. The Balaban J connectivity index is 2.31. The first-order valence-corrected chi connectivity index (χ1v) is 6.05. The molecule has 1 heterocycles. The van der Waals surface area contributed by atoms with Crippen LogP contribution in [0.5, 0.6) is 0 Å². The molecular formula is C13H16N2O4. The summed E-state index contributed by atoms with van der Waals surface area (Å²) in [6, 6.07) is 4.91. The monoisotopic (exact) mass is 264 g/mol. The molecule has 2 rings (SSSR count). The van der Waals surface area contributed by atoms with Gasteiger partial charge in [-0.05, 0) is 18.2 Å². The molecule has 0 aliphatic carbocycles. The van der Waals surface area contributed by atoms with Crippen molar-refractivity contribution in [2.75, 3.05) is 36.5 Å². The van der Waals surface area contributed by atoms with Crippen molar-refractivity contribution in [2.45, 2.75) is 6.92 Å². The number of hydrogen-bond acceptors (Lipinski definition) is 4. The third-order valence-electron chi connectivity index (χ3n) is 2.90. The van der Waals surface area contributed by atoms with Crippen molar-refractivity contribution in [3.05, 3.63) is 23.8 Å². The van der Waals surface area contributed by atoms with Crippen molar-refractivity contribution in [1.82, 2.24) is 0 Å². The summed E-state index contributed by atoms with van der Waals surface area (Å²) in [5.74, 6) is -1.23. The molecule has 6 heteroatoms. The van der Waals surface area contributed by atoms with Gasteiger partial charge in [0.1, 0.15) is 0 Å². The first-order valence-electron chi connectivity index (χ1n) is 6.05. The van der Waals surface area contributed by atoms with E-state index in [9.17, 15) is 14.7 Å². The molecule has 1 fully saturated rings. The average molecular weight is 264 g/mol. The molecular weight excluding hydrogens is 248 g/mol. The lowest BCUT2D eigenvalue weighted by atomic mass is 10.1. The van der Waals surface area contributed by atoms with E-state index in [-0.39, 0.29) is 11.5 Å². The van der Waals surface area contributed by atoms with Gasteiger partial charge in [-0.2, -0.15) is 0 Å². The van der Waals surface area contributed by atoms with Crippen LogP contribution in [0.15, 0.2) is 18.2 Å². The summed E-state index contributed by atoms with van der Waals surface area (Å²) in [4.78, 5) is 24.3. The Kier molecular flexibility index (Phi) is 4.01. The number of benzene rings is 1. The number of nitrogens with one attached hydrogen (secondary N) is 1. The Morgan fingerprint density at radius 3 is 2.58 bits per heavy atom. The quantitative estimate of drug-likeness (QED) is 0.857. The number of carboxylic acid groups (broad SMARTS) is 1. The molecule has 102 valence electrons. The molecule has 1 amide bonds. The smallest absolute Gasteiger partial charge is 0.337 e. The van der Waals surface area contributed by atoms with Gasteiger partial charge in [0.05, 0.1) is 24.5 Å². The normalized spacial score (nSPS) is 15.1. The van der Waals surface area contributed by atoms with Crippen LogP contribution in [-0.4, -0.2) is 43.3 Å². The maximum absolute atomic E-state index is 11.3. The van der Waals surface area contributed by atoms with Gasteiger partial charge in [0.25, 0.3) is 0 Å². The molecule has 1 saturated heterocycles. The first-order chi connectivity index (χ1) is 9.08. The molecule has 0 aromatic heterocycles. The molecule has 0 saturated carbocycles. The van der Waals surface area contributed by atoms with Gasteiger partial charge >= 0.3 is 5.97 Å². The minimum atomic E-state index is -1.01. The summed E-state index contributed by atoms with van der Waals surface area (Å²) in [6.45, 7) is 3.90. The second-order valence-corrected chi connectivity index (χ2v) is 4.32. The summed E-state index contributed by atoms with van der Waals surface area (Å²) < 4.78 is 5.25. The molecule has 1 aliphatic heterocycles. The van der Waals surface area contributed by atoms with Gasteiger partial charge < -0.3 is 20.1 Å². The molecule has 1 aliphatic rings. The van der Waals surface area contributed by atoms with Crippen LogP contribution in [0.2, 0.25) is 0 Å². The Hall–Kier alpha value is -2.08. The number of ether oxygens (including phenoxy) is 1. The zero-order valence-corrected chi connectivity index (χ0v) is 10.7. The maximum Gasteiger partial charge on any atom is 0.337 e. The van der Waals surface area contributed by atoms with E-state index in [1.807, 2.05) is 4.90 Å². The van der Waals surface area contributed by atoms with Crippen LogP contribution in [0.1, 0.15) is 17.3 Å². The molecule has 0 bridgehead atoms. The Bertz CT molecular complexity index is 495. The predicted molar refractivity (Wildman–Crippen MR) is 70.7 cm³/mol. The second kappa shape index (κ2) is 5.71. The van der Waals surface area contributed by atoms with Crippen LogP contribution in [-0.2, 0) is 9.53 Å². The number of carbonyl (C=O) groups excluding carboxylic acids is 1. The number of rotatable bonds is 3. The number of aromatic carboxylic acids is 1. The summed E-state index contributed by atoms with van der Waals surface area (Å²) in [6.07, 6.45) is 0. The van der Waals surface area contributed by atoms with E-state index in [1.54, 1.807) is 12.1 Å². The minimum absolute atomic E-state index is 0.188. The number of carbonyl (C=O) groups is 2. The number of carboxylic acids is 1. The van der Waals surface area contributed by atoms with Crippen molar-refractivity contribution in [2.24, 2.45) is 0 Å². The Morgan fingerprint density at radius 2 is 2.00 bits per heavy atom. The van der Waals surface area contributed by atoms with Gasteiger partial charge in [-0.25, -0.2) is 4.79 Å². The molecule has 0 spiro atoms. The van der Waals surface area contributed by atoms with Crippen molar-refractivity contribution in [3.8, 4) is 0 Å². The topological polar surface area (TPSA) is 78.9 Å². The lowest BCUT2D eigenvalue weighted by Gasteiger charge is -2.30. The molecule has 0 atom stereocenters. The average Bonchev–Trinajstić information content (AvgIpc) is 2.39. The summed E-state index contributed by atoms with van der Waals surface area (Å²) in [7, 11) is 0. The highest BCUT2D eigenvalue weighted by Gasteiger charge is 2.19. The largest absolute Gasteiger partial charge is 0.478 e. The van der Waals surface area contributed by atoms with E-state index in [2.05, 4.69) is 5.32 Å². The van der Waals surface area contributed by atoms with Gasteiger partial charge in [0.2, 0.25) is 5.91 Å². The van der Waals surface area contributed by atoms with Gasteiger partial charge in [0, 0.05) is 25.7 Å². The number of morpholine rings is 1. The van der Waals surface area contributed by atoms with E-state index in [4.69, 9.17) is 4.74 Å². The molecule has 0 radical (unpaired) electrons. The number of amides is 1. The van der Waals surface area contributed by atoms with Crippen molar-refractivity contribution in [1.29, 1.82) is 0 Å². The molecule has 19 heavy (non-hydrogen) atoms. The lowest BCUT2D eigenvalue weighted by Crippen LogP contribution is -2.37. The highest BCUT2D eigenvalue weighted by Crippen LogP contribution is 2.25. The highest BCUT2D eigenvalue weighted by molar-refractivity contribution is 5.97. The number of hydrogen-bond donors (Lipinski definition) is 2. The summed E-state index contributed by atoms with van der Waals surface area (Å²) in [5.41, 5.74) is 1.33. The highest BCUT2D eigenvalue weighted by atomic mass is 16.5. The second-order valence-electron chi connectivity index (χ2n) is 4.32. The van der Waals surface area contributed by atoms with Crippen molar-refractivity contribution >= 4 is 23.3 Å². The number of anilines is 2. The molecule has 2 N–H and O–H groups in total. The fourth-order valence-electron chi connectivity index (χ4n) is 2.07. The van der Waals surface area contributed by atoms with E-state index >= 15 is 0 Å². The Labute approximate surface area is 111 Å². The Morgan fingerprint density at radius 1 is 1.32 bits per heavy atom. The van der Waals surface area contributed by atoms with Crippen LogP contribution in [0.3, 0.4) is 0 Å². The zero-order valence-electron chi connectivity index (χ0n) is 10.7. The SMILES string of the molecule is CC(=O)Nc1ccc(N2CCOCC2)c(C(=O)O)c1. The third-order valence-corrected chi connectivity index (χ3v) is 2.90. The minimum Gasteiger partial charge on any atom is -0.478 e. The fourth-order valence-corrected chi connectivity index (χ4v) is 2.07. The van der Waals surface area contributed by atoms with Gasteiger partial charge in [-0.3, -0.25) is 4.79 Å². The predicted octanol–water partition coefficient (Wildman–Crippen LogP) is 1.18. The van der Waals surface area contributed by atoms with E-state index in [1.165, 1.54) is 13.0 Å². The fraction of sp³-hybridized carbons (Fsp3) is 0.385.